The number of carbonyl (C=O) groups excluding carboxylic acids is 2. The third-order valence-corrected chi connectivity index (χ3v) is 4.96. The maximum Gasteiger partial charge on any atom is 0.230 e. The van der Waals surface area contributed by atoms with Crippen LogP contribution in [0.1, 0.15) is 65.6 Å². The minimum atomic E-state index is -0.167. The van der Waals surface area contributed by atoms with Crippen LogP contribution in [0.3, 0.4) is 0 Å². The molecule has 0 bridgehead atoms. The Morgan fingerprint density at radius 2 is 1.05 bits per heavy atom. The van der Waals surface area contributed by atoms with Gasteiger partial charge in [-0.2, -0.15) is 0 Å². The molecule has 0 saturated carbocycles. The lowest BCUT2D eigenvalue weighted by atomic mass is 9.79. The molecule has 1 aliphatic rings. The molecule has 21 heavy (non-hydrogen) atoms. The first-order valence-electron chi connectivity index (χ1n) is 7.07. The molecule has 1 aromatic carbocycles. The summed E-state index contributed by atoms with van der Waals surface area (Å²) < 4.78 is 5.57. The second-order valence-electron chi connectivity index (χ2n) is 5.90. The Labute approximate surface area is 124 Å². The Hall–Kier alpha value is -2.16. The zero-order chi connectivity index (χ0) is 15.6. The number of aryl methyl sites for hydroxylation is 1. The van der Waals surface area contributed by atoms with E-state index in [0.29, 0.717) is 22.5 Å². The fraction of sp³-hybridized carbons (Fsp3) is 0.333. The predicted octanol–water partition coefficient (Wildman–Crippen LogP) is 3.91. The van der Waals surface area contributed by atoms with Gasteiger partial charge in [-0.3, -0.25) is 9.59 Å². The van der Waals surface area contributed by atoms with E-state index in [2.05, 4.69) is 0 Å². The highest BCUT2D eigenvalue weighted by atomic mass is 16.3. The average Bonchev–Trinajstić information content (AvgIpc) is 2.74. The molecule has 0 amide bonds. The molecule has 3 rings (SSSR count). The van der Waals surface area contributed by atoms with Crippen LogP contribution >= 0.6 is 0 Å². The third-order valence-electron chi connectivity index (χ3n) is 4.96. The van der Waals surface area contributed by atoms with Crippen LogP contribution in [0, 0.1) is 41.5 Å². The molecular weight excluding hydrogens is 264 g/mol. The van der Waals surface area contributed by atoms with Crippen LogP contribution in [-0.4, -0.2) is 11.6 Å². The van der Waals surface area contributed by atoms with Crippen molar-refractivity contribution in [3.8, 4) is 0 Å². The van der Waals surface area contributed by atoms with Crippen molar-refractivity contribution in [1.82, 2.24) is 0 Å². The van der Waals surface area contributed by atoms with Gasteiger partial charge in [0.1, 0.15) is 5.76 Å². The molecule has 1 heterocycles. The normalized spacial score (nSPS) is 13.4. The SMILES string of the molecule is Cc1oc2c(c1C)C(=O)c1c(C)c(C)c(C)c(C)c1C2=O. The van der Waals surface area contributed by atoms with E-state index in [9.17, 15) is 9.59 Å². The summed E-state index contributed by atoms with van der Waals surface area (Å²) in [6, 6.07) is 0. The standard InChI is InChI=1S/C18H18O3/c1-7-8(2)10(4)14-13(9(7)3)16(19)15-11(5)12(6)21-18(15)17(14)20/h1-6H3. The number of fused-ring (bicyclic) bond motifs is 2. The average molecular weight is 282 g/mol. The number of hydrogen-bond acceptors (Lipinski definition) is 3. The largest absolute Gasteiger partial charge is 0.457 e. The number of ketones is 2. The molecule has 0 radical (unpaired) electrons. The van der Waals surface area contributed by atoms with Gasteiger partial charge in [-0.05, 0) is 63.8 Å². The van der Waals surface area contributed by atoms with Crippen molar-refractivity contribution in [2.75, 3.05) is 0 Å². The molecule has 0 aliphatic heterocycles. The van der Waals surface area contributed by atoms with Crippen LogP contribution in [-0.2, 0) is 0 Å². The van der Waals surface area contributed by atoms with Crippen LogP contribution in [0.4, 0.5) is 0 Å². The van der Waals surface area contributed by atoms with Gasteiger partial charge in [0.05, 0.1) is 5.56 Å². The van der Waals surface area contributed by atoms with Crippen molar-refractivity contribution in [3.63, 3.8) is 0 Å². The quantitative estimate of drug-likeness (QED) is 0.628. The molecule has 3 nitrogen and oxygen atoms in total. The Bertz CT molecular complexity index is 835. The van der Waals surface area contributed by atoms with Gasteiger partial charge in [0.2, 0.25) is 5.78 Å². The highest BCUT2D eigenvalue weighted by molar-refractivity contribution is 6.29. The summed E-state index contributed by atoms with van der Waals surface area (Å²) in [6.45, 7) is 11.4. The lowest BCUT2D eigenvalue weighted by Crippen LogP contribution is -2.24. The molecule has 1 aromatic heterocycles. The van der Waals surface area contributed by atoms with E-state index in [1.54, 1.807) is 6.92 Å². The molecule has 0 fully saturated rings. The number of hydrogen-bond donors (Lipinski definition) is 0. The molecule has 1 aliphatic carbocycles. The second-order valence-corrected chi connectivity index (χ2v) is 5.90. The summed E-state index contributed by atoms with van der Waals surface area (Å²) >= 11 is 0. The van der Waals surface area contributed by atoms with Crippen molar-refractivity contribution in [3.05, 3.63) is 56.0 Å². The molecule has 0 atom stereocenters. The first kappa shape index (κ1) is 13.8. The smallest absolute Gasteiger partial charge is 0.230 e. The van der Waals surface area contributed by atoms with Gasteiger partial charge in [0.25, 0.3) is 0 Å². The minimum Gasteiger partial charge on any atom is -0.457 e. The molecular formula is C18H18O3. The van der Waals surface area contributed by atoms with Crippen LogP contribution < -0.4 is 0 Å². The topological polar surface area (TPSA) is 47.3 Å². The zero-order valence-corrected chi connectivity index (χ0v) is 13.2. The van der Waals surface area contributed by atoms with Crippen LogP contribution in [0.5, 0.6) is 0 Å². The van der Waals surface area contributed by atoms with Gasteiger partial charge in [0.15, 0.2) is 11.5 Å². The summed E-state index contributed by atoms with van der Waals surface area (Å²) in [7, 11) is 0. The van der Waals surface area contributed by atoms with Gasteiger partial charge in [-0.1, -0.05) is 0 Å². The molecule has 2 aromatic rings. The molecule has 108 valence electrons. The fourth-order valence-electron chi connectivity index (χ4n) is 3.18. The summed E-state index contributed by atoms with van der Waals surface area (Å²) in [4.78, 5) is 25.7. The van der Waals surface area contributed by atoms with Crippen LogP contribution in [0.25, 0.3) is 0 Å². The molecule has 3 heteroatoms. The van der Waals surface area contributed by atoms with E-state index >= 15 is 0 Å². The van der Waals surface area contributed by atoms with Gasteiger partial charge in [0, 0.05) is 16.7 Å². The Morgan fingerprint density at radius 3 is 1.57 bits per heavy atom. The van der Waals surface area contributed by atoms with Crippen LogP contribution in [0.2, 0.25) is 0 Å². The van der Waals surface area contributed by atoms with Gasteiger partial charge >= 0.3 is 0 Å². The molecule has 0 spiro atoms. The van der Waals surface area contributed by atoms with Gasteiger partial charge in [-0.25, -0.2) is 0 Å². The Balaban J connectivity index is 2.47. The fourth-order valence-corrected chi connectivity index (χ4v) is 3.18. The highest BCUT2D eigenvalue weighted by Crippen LogP contribution is 2.37. The lowest BCUT2D eigenvalue weighted by Gasteiger charge is -2.22. The third kappa shape index (κ3) is 1.54. The summed E-state index contributed by atoms with van der Waals surface area (Å²) in [5.41, 5.74) is 6.20. The Kier molecular flexibility index (Phi) is 2.74. The van der Waals surface area contributed by atoms with Crippen molar-refractivity contribution in [2.45, 2.75) is 41.5 Å². The minimum absolute atomic E-state index is 0.0855. The first-order valence-corrected chi connectivity index (χ1v) is 7.07. The monoisotopic (exact) mass is 282 g/mol. The number of benzene rings is 1. The summed E-state index contributed by atoms with van der Waals surface area (Å²) in [6.07, 6.45) is 0. The van der Waals surface area contributed by atoms with E-state index in [0.717, 1.165) is 27.8 Å². The van der Waals surface area contributed by atoms with E-state index in [1.165, 1.54) is 0 Å². The number of rotatable bonds is 0. The number of furan rings is 1. The van der Waals surface area contributed by atoms with Crippen molar-refractivity contribution < 1.29 is 14.0 Å². The van der Waals surface area contributed by atoms with Gasteiger partial charge < -0.3 is 4.42 Å². The lowest BCUT2D eigenvalue weighted by molar-refractivity contribution is 0.0958. The second kappa shape index (κ2) is 4.17. The molecule has 0 unspecified atom stereocenters. The highest BCUT2D eigenvalue weighted by Gasteiger charge is 2.38. The van der Waals surface area contributed by atoms with Crippen molar-refractivity contribution in [1.29, 1.82) is 0 Å². The molecule has 0 saturated heterocycles. The maximum atomic E-state index is 12.9. The van der Waals surface area contributed by atoms with Crippen molar-refractivity contribution >= 4 is 11.6 Å². The summed E-state index contributed by atoms with van der Waals surface area (Å²) in [5.74, 6) is 0.587. The molecule has 0 N–H and O–H groups in total. The van der Waals surface area contributed by atoms with E-state index in [4.69, 9.17) is 4.42 Å². The van der Waals surface area contributed by atoms with E-state index < -0.39 is 0 Å². The van der Waals surface area contributed by atoms with Crippen molar-refractivity contribution in [2.24, 2.45) is 0 Å². The predicted molar refractivity (Wildman–Crippen MR) is 80.4 cm³/mol. The summed E-state index contributed by atoms with van der Waals surface area (Å²) in [5, 5.41) is 0. The maximum absolute atomic E-state index is 12.9. The zero-order valence-electron chi connectivity index (χ0n) is 13.2. The number of carbonyl (C=O) groups is 2. The van der Waals surface area contributed by atoms with E-state index in [-0.39, 0.29) is 17.3 Å². The van der Waals surface area contributed by atoms with Crippen LogP contribution in [0.15, 0.2) is 4.42 Å². The Morgan fingerprint density at radius 1 is 0.571 bits per heavy atom. The first-order chi connectivity index (χ1) is 9.77. The van der Waals surface area contributed by atoms with Gasteiger partial charge in [-0.15, -0.1) is 0 Å². The van der Waals surface area contributed by atoms with E-state index in [1.807, 2.05) is 34.6 Å².